The molecule has 1 atom stereocenters. The Hall–Kier alpha value is -3.11. The highest BCUT2D eigenvalue weighted by Crippen LogP contribution is 2.33. The molecule has 0 aliphatic heterocycles. The number of aryl methyl sites for hydroxylation is 2. The van der Waals surface area contributed by atoms with Crippen molar-refractivity contribution < 1.29 is 27.8 Å². The molecule has 0 amide bonds. The SMILES string of the molecule is Cc1ccc(CCC(=O)O)c(-c2ccc(S(=O)(=O)N(C)C[C@H](O)CNC(C)(C)CC3Cc4ccccc4C3)cc2F)c1. The first-order chi connectivity index (χ1) is 19.7. The van der Waals surface area contributed by atoms with Crippen LogP contribution in [0.2, 0.25) is 0 Å². The molecule has 226 valence electrons. The summed E-state index contributed by atoms with van der Waals surface area (Å²) in [5.41, 5.74) is 4.83. The molecular formula is C33H41FN2O5S. The Morgan fingerprint density at radius 2 is 1.74 bits per heavy atom. The number of benzene rings is 3. The molecule has 3 aromatic rings. The molecule has 0 heterocycles. The lowest BCUT2D eigenvalue weighted by atomic mass is 9.88. The maximum absolute atomic E-state index is 15.3. The first kappa shape index (κ1) is 31.8. The maximum atomic E-state index is 15.3. The summed E-state index contributed by atoms with van der Waals surface area (Å²) < 4.78 is 42.9. The second-order valence-electron chi connectivity index (χ2n) is 12.1. The average molecular weight is 597 g/mol. The van der Waals surface area contributed by atoms with E-state index < -0.39 is 27.9 Å². The topological polar surface area (TPSA) is 107 Å². The van der Waals surface area contributed by atoms with Gasteiger partial charge in [-0.25, -0.2) is 12.8 Å². The van der Waals surface area contributed by atoms with Gasteiger partial charge in [0.25, 0.3) is 0 Å². The minimum absolute atomic E-state index is 0.0991. The molecule has 0 spiro atoms. The lowest BCUT2D eigenvalue weighted by molar-refractivity contribution is -0.136. The predicted octanol–water partition coefficient (Wildman–Crippen LogP) is 4.97. The van der Waals surface area contributed by atoms with Crippen LogP contribution in [0.3, 0.4) is 0 Å². The number of aliphatic hydroxyl groups is 1. The van der Waals surface area contributed by atoms with Gasteiger partial charge in [-0.05, 0) is 86.8 Å². The molecule has 42 heavy (non-hydrogen) atoms. The van der Waals surface area contributed by atoms with Gasteiger partial charge in [0.15, 0.2) is 0 Å². The molecule has 1 aliphatic rings. The van der Waals surface area contributed by atoms with Crippen molar-refractivity contribution in [1.82, 2.24) is 9.62 Å². The van der Waals surface area contributed by atoms with Crippen LogP contribution in [-0.2, 0) is 34.1 Å². The summed E-state index contributed by atoms with van der Waals surface area (Å²) in [4.78, 5) is 10.9. The number of carboxylic acid groups (broad SMARTS) is 1. The monoisotopic (exact) mass is 596 g/mol. The molecule has 0 aromatic heterocycles. The van der Waals surface area contributed by atoms with Gasteiger partial charge in [0.05, 0.1) is 11.0 Å². The van der Waals surface area contributed by atoms with E-state index in [1.165, 1.54) is 30.3 Å². The normalized spacial score (nSPS) is 14.7. The van der Waals surface area contributed by atoms with E-state index in [1.807, 2.05) is 13.0 Å². The minimum atomic E-state index is -4.07. The summed E-state index contributed by atoms with van der Waals surface area (Å²) in [5, 5.41) is 23.2. The number of nitrogens with one attached hydrogen (secondary N) is 1. The van der Waals surface area contributed by atoms with E-state index in [4.69, 9.17) is 5.11 Å². The Morgan fingerprint density at radius 3 is 2.36 bits per heavy atom. The van der Waals surface area contributed by atoms with Crippen molar-refractivity contribution in [3.63, 3.8) is 0 Å². The summed E-state index contributed by atoms with van der Waals surface area (Å²) in [6, 6.07) is 17.6. The van der Waals surface area contributed by atoms with Crippen molar-refractivity contribution >= 4 is 16.0 Å². The van der Waals surface area contributed by atoms with Crippen molar-refractivity contribution in [2.45, 2.75) is 69.4 Å². The van der Waals surface area contributed by atoms with Gasteiger partial charge in [-0.2, -0.15) is 4.31 Å². The molecule has 3 N–H and O–H groups in total. The van der Waals surface area contributed by atoms with Gasteiger partial charge in [-0.15, -0.1) is 0 Å². The highest BCUT2D eigenvalue weighted by molar-refractivity contribution is 7.89. The molecule has 7 nitrogen and oxygen atoms in total. The molecule has 0 saturated heterocycles. The molecule has 1 aliphatic carbocycles. The fourth-order valence-electron chi connectivity index (χ4n) is 5.90. The van der Waals surface area contributed by atoms with Gasteiger partial charge in [0.1, 0.15) is 5.82 Å². The third kappa shape index (κ3) is 7.83. The van der Waals surface area contributed by atoms with E-state index in [9.17, 15) is 18.3 Å². The number of fused-ring (bicyclic) bond motifs is 1. The van der Waals surface area contributed by atoms with Crippen LogP contribution in [0.25, 0.3) is 11.1 Å². The first-order valence-electron chi connectivity index (χ1n) is 14.3. The van der Waals surface area contributed by atoms with Crippen molar-refractivity contribution in [2.75, 3.05) is 20.1 Å². The number of hydrogen-bond donors (Lipinski definition) is 3. The number of carboxylic acids is 1. The van der Waals surface area contributed by atoms with E-state index in [2.05, 4.69) is 43.4 Å². The molecule has 3 aromatic carbocycles. The second kappa shape index (κ2) is 13.0. The number of carbonyl (C=O) groups is 1. The number of aliphatic hydroxyl groups excluding tert-OH is 1. The lowest BCUT2D eigenvalue weighted by Crippen LogP contribution is -2.47. The van der Waals surface area contributed by atoms with E-state index in [0.717, 1.165) is 35.2 Å². The molecule has 0 radical (unpaired) electrons. The minimum Gasteiger partial charge on any atom is -0.481 e. The largest absolute Gasteiger partial charge is 0.481 e. The number of halogens is 1. The maximum Gasteiger partial charge on any atom is 0.303 e. The number of hydrogen-bond acceptors (Lipinski definition) is 5. The Bertz CT molecular complexity index is 1510. The quantitative estimate of drug-likeness (QED) is 0.257. The molecule has 0 bridgehead atoms. The summed E-state index contributed by atoms with van der Waals surface area (Å²) in [6.07, 6.45) is 2.16. The van der Waals surface area contributed by atoms with Gasteiger partial charge >= 0.3 is 5.97 Å². The molecule has 0 saturated carbocycles. The molecule has 9 heteroatoms. The van der Waals surface area contributed by atoms with Crippen LogP contribution < -0.4 is 5.32 Å². The fourth-order valence-corrected chi connectivity index (χ4v) is 7.12. The summed E-state index contributed by atoms with van der Waals surface area (Å²) in [7, 11) is -2.70. The Morgan fingerprint density at radius 1 is 1.07 bits per heavy atom. The number of likely N-dealkylation sites (N-methyl/N-ethyl adjacent to an activating group) is 1. The van der Waals surface area contributed by atoms with Crippen LogP contribution in [0.5, 0.6) is 0 Å². The smallest absolute Gasteiger partial charge is 0.303 e. The van der Waals surface area contributed by atoms with Crippen molar-refractivity contribution in [2.24, 2.45) is 5.92 Å². The van der Waals surface area contributed by atoms with Gasteiger partial charge in [-0.1, -0.05) is 54.1 Å². The first-order valence-corrected chi connectivity index (χ1v) is 15.8. The van der Waals surface area contributed by atoms with Crippen LogP contribution >= 0.6 is 0 Å². The number of aliphatic carboxylic acids is 1. The van der Waals surface area contributed by atoms with Crippen molar-refractivity contribution in [1.29, 1.82) is 0 Å². The highest BCUT2D eigenvalue weighted by Gasteiger charge is 2.30. The Kier molecular flexibility index (Phi) is 9.88. The molecular weight excluding hydrogens is 555 g/mol. The van der Waals surface area contributed by atoms with Crippen molar-refractivity contribution in [3.05, 3.63) is 88.7 Å². The average Bonchev–Trinajstić information content (AvgIpc) is 3.32. The van der Waals surface area contributed by atoms with Gasteiger partial charge < -0.3 is 15.5 Å². The Balaban J connectivity index is 1.38. The zero-order valence-electron chi connectivity index (χ0n) is 24.7. The third-order valence-electron chi connectivity index (χ3n) is 8.03. The van der Waals surface area contributed by atoms with Crippen LogP contribution in [0, 0.1) is 18.7 Å². The summed E-state index contributed by atoms with van der Waals surface area (Å²) in [5.74, 6) is -1.16. The standard InChI is InChI=1S/C33H41FN2O5S/c1-22-9-10-24(11-14-32(38)39)30(15-22)29-13-12-28(18-31(29)34)42(40,41)36(4)21-27(37)20-35-33(2,3)19-23-16-25-7-5-6-8-26(25)17-23/h5-10,12-13,15,18,23,27,35,37H,11,14,16-17,19-21H2,1-4H3,(H,38,39)/t27-/m1/s1. The van der Waals surface area contributed by atoms with Gasteiger partial charge in [-0.3, -0.25) is 4.79 Å². The lowest BCUT2D eigenvalue weighted by Gasteiger charge is -2.31. The highest BCUT2D eigenvalue weighted by atomic mass is 32.2. The van der Waals surface area contributed by atoms with Crippen LogP contribution in [-0.4, -0.2) is 60.7 Å². The zero-order chi connectivity index (χ0) is 30.7. The summed E-state index contributed by atoms with van der Waals surface area (Å²) in [6.45, 7) is 6.10. The molecule has 0 fully saturated rings. The predicted molar refractivity (Wildman–Crippen MR) is 162 cm³/mol. The van der Waals surface area contributed by atoms with E-state index >= 15 is 4.39 Å². The van der Waals surface area contributed by atoms with E-state index in [1.54, 1.807) is 12.1 Å². The van der Waals surface area contributed by atoms with Gasteiger partial charge in [0.2, 0.25) is 10.0 Å². The zero-order valence-corrected chi connectivity index (χ0v) is 25.5. The van der Waals surface area contributed by atoms with Crippen LogP contribution in [0.15, 0.2) is 65.6 Å². The molecule has 4 rings (SSSR count). The van der Waals surface area contributed by atoms with Crippen LogP contribution in [0.4, 0.5) is 4.39 Å². The van der Waals surface area contributed by atoms with E-state index in [-0.39, 0.29) is 41.9 Å². The number of β-amino-alcohol motifs (C(OH)–C–C–N with tert-alkyl or cyclic N) is 1. The number of rotatable bonds is 13. The van der Waals surface area contributed by atoms with E-state index in [0.29, 0.717) is 17.0 Å². The number of nitrogens with zero attached hydrogens (tertiary/aromatic N) is 1. The third-order valence-corrected chi connectivity index (χ3v) is 9.85. The second-order valence-corrected chi connectivity index (χ2v) is 14.2. The Labute approximate surface area is 248 Å². The van der Waals surface area contributed by atoms with Crippen molar-refractivity contribution in [3.8, 4) is 11.1 Å². The fraction of sp³-hybridized carbons (Fsp3) is 0.424. The van der Waals surface area contributed by atoms with Gasteiger partial charge in [0, 0.05) is 37.7 Å². The number of sulfonamides is 1. The summed E-state index contributed by atoms with van der Waals surface area (Å²) >= 11 is 0. The molecule has 0 unspecified atom stereocenters. The van der Waals surface area contributed by atoms with Crippen LogP contribution in [0.1, 0.15) is 48.9 Å².